The fourth-order valence-electron chi connectivity index (χ4n) is 1.77. The van der Waals surface area contributed by atoms with E-state index in [2.05, 4.69) is 0 Å². The van der Waals surface area contributed by atoms with Gasteiger partial charge in [-0.1, -0.05) is 6.92 Å². The third-order valence-electron chi connectivity index (χ3n) is 2.52. The highest BCUT2D eigenvalue weighted by atomic mass is 19.4. The second-order valence-corrected chi connectivity index (χ2v) is 4.11. The van der Waals surface area contributed by atoms with Gasteiger partial charge < -0.3 is 4.90 Å². The summed E-state index contributed by atoms with van der Waals surface area (Å²) in [6.45, 7) is 0.611. The third kappa shape index (κ3) is 4.12. The first kappa shape index (κ1) is 15.8. The Kier molecular flexibility index (Phi) is 4.91. The number of nitrogens with zero attached hydrogens (tertiary/aromatic N) is 3. The maximum Gasteiger partial charge on any atom is 0.405 e. The number of alkyl halides is 3. The molecule has 0 aliphatic rings. The molecule has 1 aromatic rings. The topological polar surface area (TPSA) is 70.2 Å². The number of halogens is 3. The van der Waals surface area contributed by atoms with E-state index < -0.39 is 17.6 Å². The Morgan fingerprint density at radius 1 is 1.45 bits per heavy atom. The Morgan fingerprint density at radius 3 is 2.55 bits per heavy atom. The summed E-state index contributed by atoms with van der Waals surface area (Å²) in [6.07, 6.45) is -3.96. The van der Waals surface area contributed by atoms with Gasteiger partial charge in [0.25, 0.3) is 5.69 Å². The van der Waals surface area contributed by atoms with Crippen molar-refractivity contribution in [2.45, 2.75) is 19.5 Å². The molecular weight excluding hydrogens is 275 g/mol. The number of rotatable bonds is 5. The summed E-state index contributed by atoms with van der Waals surface area (Å²) in [7, 11) is 0. The summed E-state index contributed by atoms with van der Waals surface area (Å²) < 4.78 is 37.6. The number of benzene rings is 1. The smallest absolute Gasteiger partial charge is 0.362 e. The fraction of sp³-hybridized carbons (Fsp3) is 0.417. The summed E-state index contributed by atoms with van der Waals surface area (Å²) in [5.74, 6) is 0. The van der Waals surface area contributed by atoms with Crippen LogP contribution in [0, 0.1) is 21.4 Å². The first-order valence-electron chi connectivity index (χ1n) is 5.78. The Hall–Kier alpha value is -2.30. The molecule has 5 nitrogen and oxygen atoms in total. The number of hydrogen-bond donors (Lipinski definition) is 0. The van der Waals surface area contributed by atoms with Crippen LogP contribution >= 0.6 is 0 Å². The number of hydrogen-bond acceptors (Lipinski definition) is 4. The van der Waals surface area contributed by atoms with E-state index in [-0.39, 0.29) is 23.5 Å². The van der Waals surface area contributed by atoms with Crippen LogP contribution in [0.15, 0.2) is 18.2 Å². The molecule has 0 fully saturated rings. The normalized spacial score (nSPS) is 10.9. The van der Waals surface area contributed by atoms with Crippen molar-refractivity contribution in [2.75, 3.05) is 18.0 Å². The molecular formula is C12H12F3N3O2. The van der Waals surface area contributed by atoms with Crippen molar-refractivity contribution in [2.24, 2.45) is 0 Å². The van der Waals surface area contributed by atoms with Gasteiger partial charge in [-0.05, 0) is 12.5 Å². The van der Waals surface area contributed by atoms with Gasteiger partial charge in [-0.3, -0.25) is 10.1 Å². The molecule has 0 bridgehead atoms. The first-order chi connectivity index (χ1) is 9.28. The van der Waals surface area contributed by atoms with E-state index >= 15 is 0 Å². The third-order valence-corrected chi connectivity index (χ3v) is 2.52. The van der Waals surface area contributed by atoms with Gasteiger partial charge in [0.1, 0.15) is 12.6 Å². The van der Waals surface area contributed by atoms with Crippen molar-refractivity contribution in [3.05, 3.63) is 33.9 Å². The lowest BCUT2D eigenvalue weighted by Crippen LogP contribution is -2.35. The molecule has 0 amide bonds. The van der Waals surface area contributed by atoms with Crippen molar-refractivity contribution in [1.82, 2.24) is 0 Å². The molecule has 0 radical (unpaired) electrons. The van der Waals surface area contributed by atoms with E-state index in [4.69, 9.17) is 5.26 Å². The summed E-state index contributed by atoms with van der Waals surface area (Å²) in [5, 5.41) is 19.6. The Bertz CT molecular complexity index is 538. The average Bonchev–Trinajstić information content (AvgIpc) is 2.35. The zero-order valence-corrected chi connectivity index (χ0v) is 10.6. The van der Waals surface area contributed by atoms with Crippen LogP contribution in [0.25, 0.3) is 0 Å². The molecule has 0 aliphatic heterocycles. The van der Waals surface area contributed by atoms with Crippen molar-refractivity contribution in [1.29, 1.82) is 5.26 Å². The van der Waals surface area contributed by atoms with Gasteiger partial charge in [-0.15, -0.1) is 0 Å². The molecule has 0 N–H and O–H groups in total. The van der Waals surface area contributed by atoms with Crippen LogP contribution in [0.1, 0.15) is 18.9 Å². The molecule has 0 saturated carbocycles. The van der Waals surface area contributed by atoms with E-state index in [0.717, 1.165) is 17.0 Å². The first-order valence-corrected chi connectivity index (χ1v) is 5.78. The van der Waals surface area contributed by atoms with Gasteiger partial charge in [0.05, 0.1) is 16.2 Å². The highest BCUT2D eigenvalue weighted by molar-refractivity contribution is 5.63. The molecule has 1 aromatic carbocycles. The Morgan fingerprint density at radius 2 is 2.10 bits per heavy atom. The predicted octanol–water partition coefficient (Wildman–Crippen LogP) is 3.25. The molecule has 8 heteroatoms. The molecule has 1 rings (SSSR count). The van der Waals surface area contributed by atoms with Gasteiger partial charge in [0.2, 0.25) is 0 Å². The van der Waals surface area contributed by atoms with Crippen LogP contribution < -0.4 is 4.90 Å². The number of nitriles is 1. The van der Waals surface area contributed by atoms with Gasteiger partial charge in [-0.2, -0.15) is 18.4 Å². The molecule has 0 aromatic heterocycles. The molecule has 0 unspecified atom stereocenters. The minimum Gasteiger partial charge on any atom is -0.362 e. The van der Waals surface area contributed by atoms with Gasteiger partial charge >= 0.3 is 6.18 Å². The number of nitro groups is 1. The van der Waals surface area contributed by atoms with E-state index in [1.165, 1.54) is 6.07 Å². The number of anilines is 1. The molecule has 108 valence electrons. The minimum atomic E-state index is -4.41. The summed E-state index contributed by atoms with van der Waals surface area (Å²) in [5.41, 5.74) is -0.414. The van der Waals surface area contributed by atoms with E-state index in [9.17, 15) is 23.3 Å². The van der Waals surface area contributed by atoms with E-state index in [0.29, 0.717) is 6.42 Å². The zero-order valence-electron chi connectivity index (χ0n) is 10.6. The zero-order chi connectivity index (χ0) is 15.3. The SMILES string of the molecule is CCCN(CC(F)(F)F)c1ccc([N+](=O)[O-])cc1C#N. The maximum absolute atomic E-state index is 12.5. The monoisotopic (exact) mass is 287 g/mol. The minimum absolute atomic E-state index is 0.0530. The summed E-state index contributed by atoms with van der Waals surface area (Å²) in [6, 6.07) is 4.95. The number of nitro benzene ring substituents is 1. The Balaban J connectivity index is 3.20. The molecule has 0 saturated heterocycles. The van der Waals surface area contributed by atoms with Crippen LogP contribution in [0.4, 0.5) is 24.5 Å². The van der Waals surface area contributed by atoms with E-state index in [1.807, 2.05) is 0 Å². The molecule has 20 heavy (non-hydrogen) atoms. The second-order valence-electron chi connectivity index (χ2n) is 4.11. The van der Waals surface area contributed by atoms with Crippen LogP contribution in [0.2, 0.25) is 0 Å². The highest BCUT2D eigenvalue weighted by Gasteiger charge is 2.31. The molecule has 0 atom stereocenters. The molecule has 0 heterocycles. The lowest BCUT2D eigenvalue weighted by molar-refractivity contribution is -0.384. The standard InChI is InChI=1S/C12H12F3N3O2/c1-2-5-17(8-12(13,14)15)11-4-3-10(18(19)20)6-9(11)7-16/h3-4,6H,2,5,8H2,1H3. The Labute approximate surface area is 113 Å². The van der Waals surface area contributed by atoms with Gasteiger partial charge in [0.15, 0.2) is 0 Å². The molecule has 0 spiro atoms. The summed E-state index contributed by atoms with van der Waals surface area (Å²) >= 11 is 0. The van der Waals surface area contributed by atoms with Crippen LogP contribution in [0.5, 0.6) is 0 Å². The summed E-state index contributed by atoms with van der Waals surface area (Å²) in [4.78, 5) is 10.9. The van der Waals surface area contributed by atoms with Gasteiger partial charge in [-0.25, -0.2) is 0 Å². The molecule has 0 aliphatic carbocycles. The van der Waals surface area contributed by atoms with Crippen molar-refractivity contribution in [3.8, 4) is 6.07 Å². The average molecular weight is 287 g/mol. The second kappa shape index (κ2) is 6.23. The van der Waals surface area contributed by atoms with Crippen molar-refractivity contribution < 1.29 is 18.1 Å². The quantitative estimate of drug-likeness (QED) is 0.615. The van der Waals surface area contributed by atoms with Crippen LogP contribution in [0.3, 0.4) is 0 Å². The lowest BCUT2D eigenvalue weighted by Gasteiger charge is -2.26. The number of non-ortho nitro benzene ring substituents is 1. The fourth-order valence-corrected chi connectivity index (χ4v) is 1.77. The van der Waals surface area contributed by atoms with Crippen molar-refractivity contribution >= 4 is 11.4 Å². The van der Waals surface area contributed by atoms with Crippen LogP contribution in [-0.2, 0) is 0 Å². The van der Waals surface area contributed by atoms with Crippen LogP contribution in [-0.4, -0.2) is 24.2 Å². The van der Waals surface area contributed by atoms with Gasteiger partial charge in [0, 0.05) is 18.7 Å². The highest BCUT2D eigenvalue weighted by Crippen LogP contribution is 2.28. The lowest BCUT2D eigenvalue weighted by atomic mass is 10.1. The van der Waals surface area contributed by atoms with Crippen molar-refractivity contribution in [3.63, 3.8) is 0 Å². The maximum atomic E-state index is 12.5. The van der Waals surface area contributed by atoms with E-state index in [1.54, 1.807) is 13.0 Å². The predicted molar refractivity (Wildman–Crippen MR) is 66.4 cm³/mol. The largest absolute Gasteiger partial charge is 0.405 e.